The summed E-state index contributed by atoms with van der Waals surface area (Å²) in [5, 5.41) is 3.03. The maximum atomic E-state index is 12.5. The Balaban J connectivity index is 1.67. The van der Waals surface area contributed by atoms with E-state index in [2.05, 4.69) is 15.7 Å². The highest BCUT2D eigenvalue weighted by molar-refractivity contribution is 7.18. The van der Waals surface area contributed by atoms with Gasteiger partial charge in [0.1, 0.15) is 11.2 Å². The summed E-state index contributed by atoms with van der Waals surface area (Å²) in [5.74, 6) is -0.856. The maximum Gasteiger partial charge on any atom is 0.280 e. The molecule has 3 rings (SSSR count). The minimum absolute atomic E-state index is 0.250. The Hall–Kier alpha value is -3.00. The predicted molar refractivity (Wildman–Crippen MR) is 106 cm³/mol. The summed E-state index contributed by atoms with van der Waals surface area (Å²) in [4.78, 5) is 42.7. The second kappa shape index (κ2) is 7.71. The lowest BCUT2D eigenvalue weighted by Gasteiger charge is -2.09. The number of hydrogen-bond donors (Lipinski definition) is 2. The number of aryl methyl sites for hydroxylation is 3. The van der Waals surface area contributed by atoms with Crippen LogP contribution in [0.25, 0.3) is 10.2 Å². The van der Waals surface area contributed by atoms with E-state index in [-0.39, 0.29) is 18.0 Å². The first-order valence-electron chi connectivity index (χ1n) is 8.54. The molecule has 2 amide bonds. The van der Waals surface area contributed by atoms with Gasteiger partial charge in [0, 0.05) is 10.4 Å². The normalized spacial score (nSPS) is 10.8. The highest BCUT2D eigenvalue weighted by Gasteiger charge is 2.12. The first-order chi connectivity index (χ1) is 12.9. The van der Waals surface area contributed by atoms with Crippen molar-refractivity contribution in [3.05, 3.63) is 62.5 Å². The number of benzene rings is 1. The summed E-state index contributed by atoms with van der Waals surface area (Å²) in [6, 6.07) is 7.27. The van der Waals surface area contributed by atoms with E-state index < -0.39 is 5.91 Å². The summed E-state index contributed by atoms with van der Waals surface area (Å²) in [7, 11) is 0. The van der Waals surface area contributed by atoms with Gasteiger partial charge in [-0.25, -0.2) is 9.66 Å². The third-order valence-electron chi connectivity index (χ3n) is 3.99. The average molecular weight is 384 g/mol. The molecule has 3 aromatic rings. The molecular formula is C19H20N4O3S. The molecule has 1 aromatic carbocycles. The quantitative estimate of drug-likeness (QED) is 0.705. The van der Waals surface area contributed by atoms with E-state index in [1.165, 1.54) is 17.7 Å². The zero-order chi connectivity index (χ0) is 19.6. The van der Waals surface area contributed by atoms with Gasteiger partial charge in [-0.15, -0.1) is 11.3 Å². The van der Waals surface area contributed by atoms with Crippen LogP contribution in [0.5, 0.6) is 0 Å². The Bertz CT molecular complexity index is 1060. The smallest absolute Gasteiger partial charge is 0.280 e. The standard InChI is InChI=1S/C19H20N4O3S/c1-4-14-8-15-18(27-14)21-10-23(19(15)26)22-16(24)9-20-17(25)13-6-11(2)5-12(3)7-13/h5-8,10H,4,9H2,1-3H3,(H,20,25)(H,22,24). The van der Waals surface area contributed by atoms with E-state index in [0.29, 0.717) is 15.8 Å². The lowest BCUT2D eigenvalue weighted by molar-refractivity contribution is -0.116. The molecule has 2 aromatic heterocycles. The summed E-state index contributed by atoms with van der Waals surface area (Å²) in [5.41, 5.74) is 4.54. The lowest BCUT2D eigenvalue weighted by Crippen LogP contribution is -2.39. The van der Waals surface area contributed by atoms with Crippen LogP contribution in [0.2, 0.25) is 0 Å². The number of aromatic nitrogens is 2. The SMILES string of the molecule is CCc1cc2c(=O)n(NC(=O)CNC(=O)c3cc(C)cc(C)c3)cnc2s1. The third kappa shape index (κ3) is 4.22. The van der Waals surface area contributed by atoms with Gasteiger partial charge in [-0.3, -0.25) is 19.8 Å². The van der Waals surface area contributed by atoms with Crippen LogP contribution in [-0.4, -0.2) is 28.0 Å². The van der Waals surface area contributed by atoms with Gasteiger partial charge in [0.2, 0.25) is 0 Å². The van der Waals surface area contributed by atoms with Crippen LogP contribution in [0.3, 0.4) is 0 Å². The van der Waals surface area contributed by atoms with Crippen LogP contribution in [0, 0.1) is 13.8 Å². The fourth-order valence-electron chi connectivity index (χ4n) is 2.77. The number of hydrogen-bond acceptors (Lipinski definition) is 5. The summed E-state index contributed by atoms with van der Waals surface area (Å²) in [6.45, 7) is 5.56. The number of thiophene rings is 1. The molecule has 0 unspecified atom stereocenters. The maximum absolute atomic E-state index is 12.5. The number of carbonyl (C=O) groups excluding carboxylic acids is 2. The predicted octanol–water partition coefficient (Wildman–Crippen LogP) is 2.14. The molecule has 0 radical (unpaired) electrons. The van der Waals surface area contributed by atoms with E-state index >= 15 is 0 Å². The molecule has 140 valence electrons. The van der Waals surface area contributed by atoms with E-state index in [0.717, 1.165) is 27.1 Å². The van der Waals surface area contributed by atoms with Crippen LogP contribution in [0.15, 0.2) is 35.4 Å². The number of nitrogens with one attached hydrogen (secondary N) is 2. The summed E-state index contributed by atoms with van der Waals surface area (Å²) < 4.78 is 1.04. The van der Waals surface area contributed by atoms with Crippen molar-refractivity contribution in [3.8, 4) is 0 Å². The monoisotopic (exact) mass is 384 g/mol. The molecule has 2 N–H and O–H groups in total. The first kappa shape index (κ1) is 18.8. The van der Waals surface area contributed by atoms with Crippen molar-refractivity contribution in [2.75, 3.05) is 12.0 Å². The van der Waals surface area contributed by atoms with E-state index in [1.807, 2.05) is 26.8 Å². The highest BCUT2D eigenvalue weighted by Crippen LogP contribution is 2.20. The van der Waals surface area contributed by atoms with Gasteiger partial charge in [-0.2, -0.15) is 0 Å². The fraction of sp³-hybridized carbons (Fsp3) is 0.263. The van der Waals surface area contributed by atoms with Gasteiger partial charge >= 0.3 is 0 Å². The van der Waals surface area contributed by atoms with Gasteiger partial charge in [-0.05, 0) is 38.5 Å². The molecule has 7 nitrogen and oxygen atoms in total. The van der Waals surface area contributed by atoms with Crippen molar-refractivity contribution in [2.45, 2.75) is 27.2 Å². The van der Waals surface area contributed by atoms with Crippen LogP contribution < -0.4 is 16.3 Å². The zero-order valence-corrected chi connectivity index (χ0v) is 16.1. The molecule has 8 heteroatoms. The van der Waals surface area contributed by atoms with Gasteiger partial charge in [0.05, 0.1) is 11.9 Å². The minimum atomic E-state index is -0.512. The summed E-state index contributed by atoms with van der Waals surface area (Å²) in [6.07, 6.45) is 2.10. The molecule has 27 heavy (non-hydrogen) atoms. The van der Waals surface area contributed by atoms with E-state index in [1.54, 1.807) is 18.2 Å². The van der Waals surface area contributed by atoms with Crippen molar-refractivity contribution >= 4 is 33.4 Å². The van der Waals surface area contributed by atoms with Gasteiger partial charge in [0.15, 0.2) is 0 Å². The molecule has 0 saturated heterocycles. The minimum Gasteiger partial charge on any atom is -0.343 e. The number of nitrogens with zero attached hydrogens (tertiary/aromatic N) is 2. The number of carbonyl (C=O) groups is 2. The molecule has 0 spiro atoms. The van der Waals surface area contributed by atoms with Crippen molar-refractivity contribution in [1.82, 2.24) is 15.0 Å². The van der Waals surface area contributed by atoms with Crippen molar-refractivity contribution in [2.24, 2.45) is 0 Å². The molecule has 0 bridgehead atoms. The zero-order valence-electron chi connectivity index (χ0n) is 15.3. The molecule has 0 atom stereocenters. The lowest BCUT2D eigenvalue weighted by atomic mass is 10.1. The van der Waals surface area contributed by atoms with Crippen molar-refractivity contribution < 1.29 is 9.59 Å². The van der Waals surface area contributed by atoms with Crippen molar-refractivity contribution in [3.63, 3.8) is 0 Å². The van der Waals surface area contributed by atoms with Gasteiger partial charge < -0.3 is 5.32 Å². The van der Waals surface area contributed by atoms with Gasteiger partial charge in [-0.1, -0.05) is 24.1 Å². The van der Waals surface area contributed by atoms with Crippen LogP contribution in [-0.2, 0) is 11.2 Å². The second-order valence-electron chi connectivity index (χ2n) is 6.30. The van der Waals surface area contributed by atoms with Crippen molar-refractivity contribution in [1.29, 1.82) is 0 Å². The highest BCUT2D eigenvalue weighted by atomic mass is 32.1. The Morgan fingerprint density at radius 3 is 2.52 bits per heavy atom. The first-order valence-corrected chi connectivity index (χ1v) is 9.35. The molecular weight excluding hydrogens is 364 g/mol. The Morgan fingerprint density at radius 1 is 1.15 bits per heavy atom. The van der Waals surface area contributed by atoms with E-state index in [4.69, 9.17) is 0 Å². The number of rotatable bonds is 5. The third-order valence-corrected chi connectivity index (χ3v) is 5.18. The molecule has 0 saturated carbocycles. The molecule has 0 fully saturated rings. The van der Waals surface area contributed by atoms with E-state index in [9.17, 15) is 14.4 Å². The second-order valence-corrected chi connectivity index (χ2v) is 7.41. The van der Waals surface area contributed by atoms with Crippen LogP contribution >= 0.6 is 11.3 Å². The molecule has 0 aliphatic rings. The largest absolute Gasteiger partial charge is 0.343 e. The number of fused-ring (bicyclic) bond motifs is 1. The fourth-order valence-corrected chi connectivity index (χ4v) is 3.69. The molecule has 2 heterocycles. The van der Waals surface area contributed by atoms with Crippen LogP contribution in [0.1, 0.15) is 33.3 Å². The number of amides is 2. The average Bonchev–Trinajstić information content (AvgIpc) is 3.05. The molecule has 0 aliphatic carbocycles. The Kier molecular flexibility index (Phi) is 5.36. The Morgan fingerprint density at radius 2 is 1.85 bits per heavy atom. The Labute approximate surface area is 160 Å². The van der Waals surface area contributed by atoms with Gasteiger partial charge in [0.25, 0.3) is 17.4 Å². The molecule has 0 aliphatic heterocycles. The summed E-state index contributed by atoms with van der Waals surface area (Å²) >= 11 is 1.46. The topological polar surface area (TPSA) is 93.1 Å². The van der Waals surface area contributed by atoms with Crippen LogP contribution in [0.4, 0.5) is 0 Å².